The predicted octanol–water partition coefficient (Wildman–Crippen LogP) is 7.51. The fraction of sp³-hybridized carbons (Fsp3) is 0.364. The lowest BCUT2D eigenvalue weighted by Gasteiger charge is -2.31. The van der Waals surface area contributed by atoms with Crippen molar-refractivity contribution in [1.82, 2.24) is 31.1 Å². The van der Waals surface area contributed by atoms with Crippen LogP contribution in [0.15, 0.2) is 128 Å². The standard InChI is InChI=1S/C77H84N10O16/c1-45(2)70(83-68(91)39-80-67(90)38-79-66(89)25-26-69(92)85-40-52-13-7-6-11-49(52)21-22-51-12-8-9-14-59(51)85)72(94)81-46(3)71(93)82-54-23-17-48(18-24-54)43-103-76(98)87-60-35-65(63(100-5)33-57(60)74(96)86-44-77(27-28-77)36-61(86)75(87)97)102-30-10-29-101-64-34-58-56(32-62(64)99-4)73(95)84-41-53(31-55(84)37-78-58)50-19-15-47(42-88)16-20-50/h6-9,11-24,32-35,41,45-46,55,61,70,75,78,88,97H,10,25-31,36-40,42-44H2,1-5H3,(H,79,89)(H,80,90)(H,81,94)(H,82,93)(H,83,91)/b22-21-/t46-,55-,61-,70-,75?/m0/s1. The van der Waals surface area contributed by atoms with Gasteiger partial charge >= 0.3 is 6.09 Å². The molecule has 12 rings (SSSR count). The number of nitrogens with zero attached hydrogens (tertiary/aromatic N) is 4. The Hall–Kier alpha value is -11.3. The smallest absolute Gasteiger partial charge is 0.416 e. The first-order chi connectivity index (χ1) is 49.7. The molecule has 0 radical (unpaired) electrons. The molecule has 1 unspecified atom stereocenters. The molecule has 538 valence electrons. The third-order valence-electron chi connectivity index (χ3n) is 19.5. The number of hydrogen-bond acceptors (Lipinski definition) is 17. The highest BCUT2D eigenvalue weighted by Gasteiger charge is 2.58. The summed E-state index contributed by atoms with van der Waals surface area (Å²) >= 11 is 0. The summed E-state index contributed by atoms with van der Waals surface area (Å²) in [4.78, 5) is 128. The van der Waals surface area contributed by atoms with E-state index in [-0.39, 0.29) is 91.2 Å². The van der Waals surface area contributed by atoms with Crippen molar-refractivity contribution in [2.75, 3.05) is 74.0 Å². The van der Waals surface area contributed by atoms with E-state index in [9.17, 15) is 53.4 Å². The highest BCUT2D eigenvalue weighted by molar-refractivity contribution is 6.07. The largest absolute Gasteiger partial charge is 0.493 e. The molecule has 6 aromatic carbocycles. The molecule has 103 heavy (non-hydrogen) atoms. The zero-order valence-corrected chi connectivity index (χ0v) is 58.0. The molecule has 9 amide bonds. The average molecular weight is 1410 g/mol. The molecule has 0 aromatic heterocycles. The van der Waals surface area contributed by atoms with Crippen LogP contribution >= 0.6 is 0 Å². The number of rotatable bonds is 25. The first kappa shape index (κ1) is 71.6. The fourth-order valence-electron chi connectivity index (χ4n) is 13.5. The van der Waals surface area contributed by atoms with E-state index in [2.05, 4.69) is 31.9 Å². The maximum atomic E-state index is 14.5. The monoisotopic (exact) mass is 1400 g/mol. The molecule has 5 aliphatic heterocycles. The van der Waals surface area contributed by atoms with E-state index >= 15 is 0 Å². The van der Waals surface area contributed by atoms with Crippen LogP contribution in [0.3, 0.4) is 0 Å². The van der Waals surface area contributed by atoms with Gasteiger partial charge in [0.05, 0.1) is 93.9 Å². The Balaban J connectivity index is 0.605. The first-order valence-corrected chi connectivity index (χ1v) is 34.5. The Kier molecular flexibility index (Phi) is 21.8. The van der Waals surface area contributed by atoms with Gasteiger partial charge in [0, 0.05) is 56.4 Å². The van der Waals surface area contributed by atoms with E-state index in [4.69, 9.17) is 23.7 Å². The van der Waals surface area contributed by atoms with Crippen LogP contribution < -0.4 is 60.6 Å². The van der Waals surface area contributed by atoms with Gasteiger partial charge in [0.15, 0.2) is 29.2 Å². The fourth-order valence-corrected chi connectivity index (χ4v) is 13.5. The molecule has 0 bridgehead atoms. The van der Waals surface area contributed by atoms with Crippen LogP contribution in [0.4, 0.5) is 27.5 Å². The number of amides is 9. The van der Waals surface area contributed by atoms with Crippen LogP contribution in [0.1, 0.15) is 120 Å². The number of carbonyl (C=O) groups is 9. The summed E-state index contributed by atoms with van der Waals surface area (Å²) < 4.78 is 29.9. The zero-order valence-electron chi connectivity index (χ0n) is 58.0. The van der Waals surface area contributed by atoms with Crippen LogP contribution in [0.25, 0.3) is 17.7 Å². The maximum Gasteiger partial charge on any atom is 0.416 e. The normalized spacial score (nSPS) is 18.2. The molecule has 1 saturated carbocycles. The number of fused-ring (bicyclic) bond motifs is 6. The number of nitrogens with one attached hydrogen (secondary N) is 6. The lowest BCUT2D eigenvalue weighted by atomic mass is 10.0. The molecule has 2 fully saturated rings. The number of ether oxygens (including phenoxy) is 5. The topological polar surface area (TPSA) is 325 Å². The number of hydrogen-bond donors (Lipinski definition) is 8. The van der Waals surface area contributed by atoms with Gasteiger partial charge in [-0.3, -0.25) is 38.4 Å². The van der Waals surface area contributed by atoms with Gasteiger partial charge in [0.25, 0.3) is 11.8 Å². The Morgan fingerprint density at radius 3 is 2.06 bits per heavy atom. The number of para-hydroxylation sites is 1. The predicted molar refractivity (Wildman–Crippen MR) is 382 cm³/mol. The van der Waals surface area contributed by atoms with Gasteiger partial charge in [-0.2, -0.15) is 0 Å². The van der Waals surface area contributed by atoms with Gasteiger partial charge in [-0.15, -0.1) is 0 Å². The molecule has 5 atom stereocenters. The van der Waals surface area contributed by atoms with Crippen LogP contribution in [-0.4, -0.2) is 157 Å². The summed E-state index contributed by atoms with van der Waals surface area (Å²) in [5.41, 5.74) is 8.19. The Morgan fingerprint density at radius 1 is 0.689 bits per heavy atom. The summed E-state index contributed by atoms with van der Waals surface area (Å²) in [6.45, 7) is 5.01. The second kappa shape index (κ2) is 31.3. The highest BCUT2D eigenvalue weighted by atomic mass is 16.6. The number of aliphatic hydroxyl groups is 2. The summed E-state index contributed by atoms with van der Waals surface area (Å²) in [6.07, 6.45) is 6.34. The van der Waals surface area contributed by atoms with Gasteiger partial charge in [-0.05, 0) is 113 Å². The van der Waals surface area contributed by atoms with Gasteiger partial charge in [0.1, 0.15) is 18.7 Å². The molecular weight excluding hydrogens is 1320 g/mol. The van der Waals surface area contributed by atoms with Gasteiger partial charge in [-0.25, -0.2) is 9.69 Å². The summed E-state index contributed by atoms with van der Waals surface area (Å²) in [5, 5.41) is 38.0. The number of carbonyl (C=O) groups excluding carboxylic acids is 9. The number of anilines is 4. The molecule has 1 saturated heterocycles. The van der Waals surface area contributed by atoms with Crippen molar-refractivity contribution >= 4 is 93.8 Å². The van der Waals surface area contributed by atoms with Gasteiger partial charge in [-0.1, -0.05) is 105 Å². The van der Waals surface area contributed by atoms with E-state index in [1.807, 2.05) is 91.1 Å². The minimum atomic E-state index is -1.50. The van der Waals surface area contributed by atoms with E-state index < -0.39 is 79.0 Å². The van der Waals surface area contributed by atoms with E-state index in [1.54, 1.807) is 64.9 Å². The summed E-state index contributed by atoms with van der Waals surface area (Å²) in [7, 11) is 2.93. The second-order valence-corrected chi connectivity index (χ2v) is 27.0. The average Bonchev–Trinajstić information content (AvgIpc) is 1.56. The highest BCUT2D eigenvalue weighted by Crippen LogP contribution is 2.57. The van der Waals surface area contributed by atoms with Crippen LogP contribution in [0.2, 0.25) is 0 Å². The van der Waals surface area contributed by atoms with E-state index in [1.165, 1.54) is 33.3 Å². The quantitative estimate of drug-likeness (QED) is 0.0257. The molecule has 26 nitrogen and oxygen atoms in total. The molecule has 6 aromatic rings. The van der Waals surface area contributed by atoms with Crippen LogP contribution in [0, 0.1) is 11.3 Å². The molecular formula is C77H84N10O16. The molecule has 1 spiro atoms. The minimum Gasteiger partial charge on any atom is -0.493 e. The van der Waals surface area contributed by atoms with Crippen LogP contribution in [0.5, 0.6) is 23.0 Å². The van der Waals surface area contributed by atoms with Crippen molar-refractivity contribution in [3.63, 3.8) is 0 Å². The van der Waals surface area contributed by atoms with Crippen molar-refractivity contribution in [2.24, 2.45) is 11.3 Å². The van der Waals surface area contributed by atoms with Crippen molar-refractivity contribution in [3.05, 3.63) is 172 Å². The minimum absolute atomic E-state index is 0.0524. The van der Waals surface area contributed by atoms with Crippen molar-refractivity contribution < 1.29 is 77.0 Å². The van der Waals surface area contributed by atoms with E-state index in [0.717, 1.165) is 51.1 Å². The number of methoxy groups -OCH3 is 2. The third kappa shape index (κ3) is 16.2. The van der Waals surface area contributed by atoms with Gasteiger partial charge < -0.3 is 80.5 Å². The number of aliphatic hydroxyl groups excluding tert-OH is 2. The molecule has 6 aliphatic rings. The van der Waals surface area contributed by atoms with E-state index in [0.29, 0.717) is 78.6 Å². The Labute approximate surface area is 595 Å². The lowest BCUT2D eigenvalue weighted by molar-refractivity contribution is -0.132. The first-order valence-electron chi connectivity index (χ1n) is 34.5. The third-order valence-corrected chi connectivity index (χ3v) is 19.5. The maximum absolute atomic E-state index is 14.5. The molecule has 8 N–H and O–H groups in total. The molecule has 5 heterocycles. The van der Waals surface area contributed by atoms with Crippen molar-refractivity contribution in [1.29, 1.82) is 0 Å². The summed E-state index contributed by atoms with van der Waals surface area (Å²) in [6, 6.07) is 32.6. The SMILES string of the molecule is COc1cc2c(cc1OCCCOc1cc3c(cc1OC)C(=O)N1CC4(CC4)C[C@H]1C(O)N3C(=O)OCc1ccc(NC(=O)[C@H](C)NC(=O)[C@@H](NC(=O)CNC(=O)CNC(=O)CCC(=O)N3Cc4ccccc4/C=C\c4ccccc43)C(C)C)cc1)NC[C@@H]1CC(c3ccc(CO)cc3)=CN1C2=O. The van der Waals surface area contributed by atoms with Crippen molar-refractivity contribution in [2.45, 2.75) is 116 Å². The molecule has 26 heteroatoms. The Morgan fingerprint density at radius 2 is 1.35 bits per heavy atom. The number of benzene rings is 6. The Bertz CT molecular complexity index is 4330. The van der Waals surface area contributed by atoms with Crippen molar-refractivity contribution in [3.8, 4) is 23.0 Å². The lowest BCUT2D eigenvalue weighted by Crippen LogP contribution is -2.55. The molecule has 1 aliphatic carbocycles. The van der Waals surface area contributed by atoms with Crippen LogP contribution in [-0.2, 0) is 53.3 Å². The van der Waals surface area contributed by atoms with Gasteiger partial charge in [0.2, 0.25) is 35.4 Å². The summed E-state index contributed by atoms with van der Waals surface area (Å²) in [5.74, 6) is -3.27. The zero-order chi connectivity index (χ0) is 72.6. The second-order valence-electron chi connectivity index (χ2n) is 27.0.